The molecule has 2 aromatic rings. The van der Waals surface area contributed by atoms with E-state index in [0.717, 1.165) is 11.5 Å². The van der Waals surface area contributed by atoms with Gasteiger partial charge in [0.2, 0.25) is 0 Å². The number of fused-ring (bicyclic) bond motifs is 1. The van der Waals surface area contributed by atoms with Crippen molar-refractivity contribution in [3.8, 4) is 0 Å². The largest absolute Gasteiger partial charge is 0.365 e. The zero-order valence-electron chi connectivity index (χ0n) is 9.40. The lowest BCUT2D eigenvalue weighted by Gasteiger charge is -2.27. The molecule has 1 aromatic carbocycles. The fourth-order valence-corrected chi connectivity index (χ4v) is 2.09. The van der Waals surface area contributed by atoms with Gasteiger partial charge in [-0.25, -0.2) is 0 Å². The number of anilines is 1. The highest BCUT2D eigenvalue weighted by Crippen LogP contribution is 2.27. The molecule has 1 heterocycles. The van der Waals surface area contributed by atoms with E-state index in [0.29, 0.717) is 6.04 Å². The fourth-order valence-electron chi connectivity index (χ4n) is 2.09. The Bertz CT molecular complexity index is 518. The molecule has 0 atom stereocenters. The van der Waals surface area contributed by atoms with Gasteiger partial charge in [0.25, 0.3) is 0 Å². The first kappa shape index (κ1) is 9.58. The van der Waals surface area contributed by atoms with Crippen LogP contribution in [-0.2, 0) is 0 Å². The van der Waals surface area contributed by atoms with E-state index in [1.54, 1.807) is 0 Å². The van der Waals surface area contributed by atoms with Crippen molar-refractivity contribution >= 4 is 16.6 Å². The Morgan fingerprint density at radius 2 is 1.88 bits per heavy atom. The van der Waals surface area contributed by atoms with Gasteiger partial charge in [0, 0.05) is 16.8 Å². The normalized spacial score (nSPS) is 16.1. The van der Waals surface area contributed by atoms with Gasteiger partial charge in [-0.2, -0.15) is 5.10 Å². The summed E-state index contributed by atoms with van der Waals surface area (Å²) in [4.78, 5) is 0. The average Bonchev–Trinajstić information content (AvgIpc) is 2.26. The fraction of sp³-hybridized carbons (Fsp3) is 0.385. The summed E-state index contributed by atoms with van der Waals surface area (Å²) >= 11 is 0. The Labute approximate surface area is 94.9 Å². The molecule has 3 rings (SSSR count). The number of hydrogen-bond donors (Lipinski definition) is 1. The summed E-state index contributed by atoms with van der Waals surface area (Å²) in [7, 11) is 0. The monoisotopic (exact) mass is 213 g/mol. The number of nitrogens with one attached hydrogen (secondary N) is 1. The topological polar surface area (TPSA) is 37.8 Å². The molecule has 0 radical (unpaired) electrons. The molecule has 16 heavy (non-hydrogen) atoms. The zero-order valence-corrected chi connectivity index (χ0v) is 9.40. The third-order valence-electron chi connectivity index (χ3n) is 3.32. The average molecular weight is 213 g/mol. The van der Waals surface area contributed by atoms with Gasteiger partial charge in [-0.1, -0.05) is 24.3 Å². The minimum Gasteiger partial charge on any atom is -0.365 e. The second-order valence-corrected chi connectivity index (χ2v) is 4.45. The van der Waals surface area contributed by atoms with Gasteiger partial charge in [-0.05, 0) is 26.2 Å². The summed E-state index contributed by atoms with van der Waals surface area (Å²) in [5.41, 5.74) is 0.995. The molecule has 0 bridgehead atoms. The van der Waals surface area contributed by atoms with E-state index in [9.17, 15) is 0 Å². The lowest BCUT2D eigenvalue weighted by atomic mass is 9.93. The van der Waals surface area contributed by atoms with E-state index in [-0.39, 0.29) is 0 Å². The minimum absolute atomic E-state index is 0.598. The van der Waals surface area contributed by atoms with Crippen molar-refractivity contribution in [2.24, 2.45) is 0 Å². The smallest absolute Gasteiger partial charge is 0.156 e. The molecule has 1 saturated carbocycles. The van der Waals surface area contributed by atoms with Gasteiger partial charge < -0.3 is 5.32 Å². The van der Waals surface area contributed by atoms with Gasteiger partial charge in [-0.3, -0.25) is 0 Å². The molecule has 3 nitrogen and oxygen atoms in total. The van der Waals surface area contributed by atoms with Crippen molar-refractivity contribution in [2.75, 3.05) is 5.32 Å². The predicted octanol–water partition coefficient (Wildman–Crippen LogP) is 2.90. The number of aromatic nitrogens is 2. The first-order valence-corrected chi connectivity index (χ1v) is 5.83. The van der Waals surface area contributed by atoms with Crippen LogP contribution in [-0.4, -0.2) is 16.2 Å². The van der Waals surface area contributed by atoms with Crippen LogP contribution in [0.3, 0.4) is 0 Å². The second-order valence-electron chi connectivity index (χ2n) is 4.45. The first-order chi connectivity index (χ1) is 7.84. The van der Waals surface area contributed by atoms with Crippen LogP contribution >= 0.6 is 0 Å². The standard InChI is InChI=1S/C13H15N3/c1-9-11-7-2-3-8-12(11)13(16-15-9)14-10-5-4-6-10/h2-3,7-8,10H,4-6H2,1H3,(H,14,16). The molecular weight excluding hydrogens is 198 g/mol. The number of nitrogens with zero attached hydrogens (tertiary/aromatic N) is 2. The van der Waals surface area contributed by atoms with Gasteiger partial charge in [-0.15, -0.1) is 5.10 Å². The molecule has 0 spiro atoms. The maximum absolute atomic E-state index is 4.27. The Morgan fingerprint density at radius 1 is 1.12 bits per heavy atom. The van der Waals surface area contributed by atoms with Gasteiger partial charge in [0.1, 0.15) is 0 Å². The molecule has 0 saturated heterocycles. The molecule has 0 aliphatic heterocycles. The molecule has 0 unspecified atom stereocenters. The van der Waals surface area contributed by atoms with Crippen molar-refractivity contribution in [3.05, 3.63) is 30.0 Å². The lowest BCUT2D eigenvalue weighted by Crippen LogP contribution is -2.27. The molecule has 3 heteroatoms. The Kier molecular flexibility index (Phi) is 2.24. The van der Waals surface area contributed by atoms with E-state index in [2.05, 4.69) is 33.7 Å². The Morgan fingerprint density at radius 3 is 2.56 bits per heavy atom. The molecule has 1 aliphatic rings. The summed E-state index contributed by atoms with van der Waals surface area (Å²) in [5.74, 6) is 0.936. The van der Waals surface area contributed by atoms with Crippen LogP contribution in [0.2, 0.25) is 0 Å². The van der Waals surface area contributed by atoms with E-state index >= 15 is 0 Å². The Hall–Kier alpha value is -1.64. The third kappa shape index (κ3) is 1.52. The van der Waals surface area contributed by atoms with Crippen LogP contribution in [0.25, 0.3) is 10.8 Å². The summed E-state index contributed by atoms with van der Waals surface area (Å²) in [5, 5.41) is 14.3. The molecule has 0 amide bonds. The highest BCUT2D eigenvalue weighted by Gasteiger charge is 2.18. The second kappa shape index (κ2) is 3.74. The Balaban J connectivity index is 2.06. The van der Waals surface area contributed by atoms with Crippen molar-refractivity contribution in [2.45, 2.75) is 32.2 Å². The van der Waals surface area contributed by atoms with E-state index in [1.165, 1.54) is 30.0 Å². The molecule has 1 aromatic heterocycles. The zero-order chi connectivity index (χ0) is 11.0. The summed E-state index contributed by atoms with van der Waals surface area (Å²) < 4.78 is 0. The molecular formula is C13H15N3. The van der Waals surface area contributed by atoms with Gasteiger partial charge in [0.05, 0.1) is 5.69 Å². The number of hydrogen-bond acceptors (Lipinski definition) is 3. The van der Waals surface area contributed by atoms with Crippen LogP contribution in [0.1, 0.15) is 25.0 Å². The van der Waals surface area contributed by atoms with E-state index < -0.39 is 0 Å². The van der Waals surface area contributed by atoms with Crippen LogP contribution in [0.15, 0.2) is 24.3 Å². The van der Waals surface area contributed by atoms with Crippen LogP contribution in [0.4, 0.5) is 5.82 Å². The third-order valence-corrected chi connectivity index (χ3v) is 3.32. The van der Waals surface area contributed by atoms with Crippen molar-refractivity contribution in [3.63, 3.8) is 0 Å². The maximum Gasteiger partial charge on any atom is 0.156 e. The minimum atomic E-state index is 0.598. The molecule has 82 valence electrons. The van der Waals surface area contributed by atoms with E-state index in [4.69, 9.17) is 0 Å². The van der Waals surface area contributed by atoms with E-state index in [1.807, 2.05) is 13.0 Å². The highest BCUT2D eigenvalue weighted by molar-refractivity contribution is 5.92. The van der Waals surface area contributed by atoms with Crippen LogP contribution in [0.5, 0.6) is 0 Å². The molecule has 1 fully saturated rings. The molecule has 1 aliphatic carbocycles. The van der Waals surface area contributed by atoms with Crippen molar-refractivity contribution in [1.29, 1.82) is 0 Å². The van der Waals surface area contributed by atoms with Crippen LogP contribution in [0, 0.1) is 6.92 Å². The SMILES string of the molecule is Cc1nnc(NC2CCC2)c2ccccc12. The van der Waals surface area contributed by atoms with Crippen molar-refractivity contribution < 1.29 is 0 Å². The summed E-state index contributed by atoms with van der Waals surface area (Å²) in [6.45, 7) is 2.00. The summed E-state index contributed by atoms with van der Waals surface area (Å²) in [6, 6.07) is 8.91. The predicted molar refractivity (Wildman–Crippen MR) is 65.5 cm³/mol. The number of aryl methyl sites for hydroxylation is 1. The summed E-state index contributed by atoms with van der Waals surface area (Å²) in [6.07, 6.45) is 3.84. The first-order valence-electron chi connectivity index (χ1n) is 5.83. The number of rotatable bonds is 2. The maximum atomic E-state index is 4.27. The van der Waals surface area contributed by atoms with Gasteiger partial charge in [0.15, 0.2) is 5.82 Å². The quantitative estimate of drug-likeness (QED) is 0.833. The lowest BCUT2D eigenvalue weighted by molar-refractivity contribution is 0.444. The van der Waals surface area contributed by atoms with Crippen LogP contribution < -0.4 is 5.32 Å². The highest BCUT2D eigenvalue weighted by atomic mass is 15.2. The molecule has 1 N–H and O–H groups in total. The number of benzene rings is 1. The van der Waals surface area contributed by atoms with Crippen molar-refractivity contribution in [1.82, 2.24) is 10.2 Å². The van der Waals surface area contributed by atoms with Gasteiger partial charge >= 0.3 is 0 Å².